The van der Waals surface area contributed by atoms with Crippen LogP contribution in [0.3, 0.4) is 0 Å². The van der Waals surface area contributed by atoms with Crippen LogP contribution in [0.5, 0.6) is 0 Å². The zero-order chi connectivity index (χ0) is 13.5. The van der Waals surface area contributed by atoms with Crippen molar-refractivity contribution in [3.05, 3.63) is 0 Å². The number of hydrogen-bond acceptors (Lipinski definition) is 4. The van der Waals surface area contributed by atoms with Crippen molar-refractivity contribution in [2.45, 2.75) is 51.4 Å². The van der Waals surface area contributed by atoms with Crippen LogP contribution < -0.4 is 0 Å². The highest BCUT2D eigenvalue weighted by Gasteiger charge is 2.26. The monoisotopic (exact) mass is 259 g/mol. The number of nitrogens with zero attached hydrogens (tertiary/aromatic N) is 1. The van der Waals surface area contributed by atoms with Gasteiger partial charge in [-0.1, -0.05) is 0 Å². The molecule has 1 aliphatic rings. The predicted molar refractivity (Wildman–Crippen MR) is 68.7 cm³/mol. The fourth-order valence-corrected chi connectivity index (χ4v) is 2.49. The van der Waals surface area contributed by atoms with Gasteiger partial charge in [0.25, 0.3) is 0 Å². The number of hydrogen-bond donors (Lipinski definition) is 1. The molecule has 0 bridgehead atoms. The van der Waals surface area contributed by atoms with Crippen LogP contribution in [0, 0.1) is 0 Å². The number of rotatable bonds is 7. The molecule has 0 aromatic carbocycles. The lowest BCUT2D eigenvalue weighted by Crippen LogP contribution is -2.44. The Balaban J connectivity index is 2.36. The Morgan fingerprint density at radius 2 is 2.28 bits per heavy atom. The van der Waals surface area contributed by atoms with Gasteiger partial charge >= 0.3 is 5.97 Å². The van der Waals surface area contributed by atoms with E-state index >= 15 is 0 Å². The fraction of sp³-hybridized carbons (Fsp3) is 0.923. The molecule has 0 radical (unpaired) electrons. The number of carboxylic acid groups (broad SMARTS) is 1. The van der Waals surface area contributed by atoms with E-state index in [9.17, 15) is 4.79 Å². The van der Waals surface area contributed by atoms with Gasteiger partial charge in [-0.15, -0.1) is 0 Å². The van der Waals surface area contributed by atoms with E-state index < -0.39 is 12.1 Å². The standard InChI is InChI=1S/C13H25NO4/c1-4-18-12(13(15)16)6-8-14-7-5-11(17-3)9-10(14)2/h10-12H,4-9H2,1-3H3,(H,15,16). The molecule has 5 nitrogen and oxygen atoms in total. The number of ether oxygens (including phenoxy) is 2. The molecular weight excluding hydrogens is 234 g/mol. The molecule has 106 valence electrons. The van der Waals surface area contributed by atoms with Gasteiger partial charge in [-0.2, -0.15) is 0 Å². The van der Waals surface area contributed by atoms with E-state index in [0.717, 1.165) is 25.9 Å². The van der Waals surface area contributed by atoms with Crippen LogP contribution in [0.15, 0.2) is 0 Å². The third-order valence-electron chi connectivity index (χ3n) is 3.62. The van der Waals surface area contributed by atoms with Crippen LogP contribution in [0.2, 0.25) is 0 Å². The van der Waals surface area contributed by atoms with Gasteiger partial charge in [-0.25, -0.2) is 4.79 Å². The van der Waals surface area contributed by atoms with Gasteiger partial charge in [-0.05, 0) is 33.1 Å². The normalized spacial score (nSPS) is 27.1. The molecule has 0 aliphatic carbocycles. The molecule has 0 aromatic rings. The van der Waals surface area contributed by atoms with Crippen molar-refractivity contribution in [1.29, 1.82) is 0 Å². The zero-order valence-corrected chi connectivity index (χ0v) is 11.6. The number of carbonyl (C=O) groups is 1. The minimum atomic E-state index is -0.865. The molecule has 1 N–H and O–H groups in total. The molecule has 1 saturated heterocycles. The molecule has 1 fully saturated rings. The summed E-state index contributed by atoms with van der Waals surface area (Å²) in [6.45, 7) is 6.18. The number of likely N-dealkylation sites (tertiary alicyclic amines) is 1. The van der Waals surface area contributed by atoms with Crippen molar-refractivity contribution < 1.29 is 19.4 Å². The zero-order valence-electron chi connectivity index (χ0n) is 11.6. The lowest BCUT2D eigenvalue weighted by atomic mass is 10.00. The average Bonchev–Trinajstić information content (AvgIpc) is 2.35. The van der Waals surface area contributed by atoms with E-state index in [1.165, 1.54) is 0 Å². The number of carboxylic acids is 1. The minimum Gasteiger partial charge on any atom is -0.479 e. The van der Waals surface area contributed by atoms with Gasteiger partial charge in [0.15, 0.2) is 6.10 Å². The molecule has 1 aliphatic heterocycles. The van der Waals surface area contributed by atoms with E-state index in [4.69, 9.17) is 14.6 Å². The molecule has 3 unspecified atom stereocenters. The summed E-state index contributed by atoms with van der Waals surface area (Å²) in [5, 5.41) is 9.02. The highest BCUT2D eigenvalue weighted by molar-refractivity contribution is 5.72. The van der Waals surface area contributed by atoms with Crippen molar-refractivity contribution in [2.24, 2.45) is 0 Å². The number of aliphatic carboxylic acids is 1. The SMILES string of the molecule is CCOC(CCN1CCC(OC)CC1C)C(=O)O. The van der Waals surface area contributed by atoms with Crippen LogP contribution in [0.1, 0.15) is 33.1 Å². The van der Waals surface area contributed by atoms with E-state index in [1.807, 2.05) is 6.92 Å². The average molecular weight is 259 g/mol. The van der Waals surface area contributed by atoms with Crippen LogP contribution >= 0.6 is 0 Å². The summed E-state index contributed by atoms with van der Waals surface area (Å²) in [5.41, 5.74) is 0. The first-order chi connectivity index (χ1) is 8.58. The Kier molecular flexibility index (Phi) is 6.60. The minimum absolute atomic E-state index is 0.346. The van der Waals surface area contributed by atoms with E-state index in [2.05, 4.69) is 11.8 Å². The van der Waals surface area contributed by atoms with Crippen molar-refractivity contribution >= 4 is 5.97 Å². The topological polar surface area (TPSA) is 59.0 Å². The largest absolute Gasteiger partial charge is 0.479 e. The van der Waals surface area contributed by atoms with Crippen LogP contribution in [0.25, 0.3) is 0 Å². The second kappa shape index (κ2) is 7.71. The molecule has 0 amide bonds. The summed E-state index contributed by atoms with van der Waals surface area (Å²) in [5.74, 6) is -0.865. The first kappa shape index (κ1) is 15.4. The Hall–Kier alpha value is -0.650. The Bertz CT molecular complexity index is 259. The molecular formula is C13H25NO4. The van der Waals surface area contributed by atoms with E-state index in [0.29, 0.717) is 25.2 Å². The number of piperidine rings is 1. The van der Waals surface area contributed by atoms with Crippen molar-refractivity contribution in [3.63, 3.8) is 0 Å². The molecule has 3 atom stereocenters. The maximum Gasteiger partial charge on any atom is 0.332 e. The Labute approximate surface area is 109 Å². The first-order valence-electron chi connectivity index (χ1n) is 6.69. The predicted octanol–water partition coefficient (Wildman–Crippen LogP) is 1.37. The second-order valence-corrected chi connectivity index (χ2v) is 4.84. The van der Waals surface area contributed by atoms with E-state index in [1.54, 1.807) is 7.11 Å². The summed E-state index contributed by atoms with van der Waals surface area (Å²) >= 11 is 0. The molecule has 0 aromatic heterocycles. The quantitative estimate of drug-likeness (QED) is 0.748. The Morgan fingerprint density at radius 1 is 1.56 bits per heavy atom. The lowest BCUT2D eigenvalue weighted by Gasteiger charge is -2.37. The van der Waals surface area contributed by atoms with E-state index in [-0.39, 0.29) is 0 Å². The second-order valence-electron chi connectivity index (χ2n) is 4.84. The van der Waals surface area contributed by atoms with Gasteiger partial charge in [0.2, 0.25) is 0 Å². The lowest BCUT2D eigenvalue weighted by molar-refractivity contribution is -0.150. The van der Waals surface area contributed by atoms with Gasteiger partial charge in [0, 0.05) is 32.8 Å². The summed E-state index contributed by atoms with van der Waals surface area (Å²) in [4.78, 5) is 13.3. The summed E-state index contributed by atoms with van der Waals surface area (Å²) < 4.78 is 10.6. The number of methoxy groups -OCH3 is 1. The summed E-state index contributed by atoms with van der Waals surface area (Å²) in [6, 6.07) is 0.444. The van der Waals surface area contributed by atoms with Crippen molar-refractivity contribution in [3.8, 4) is 0 Å². The summed E-state index contributed by atoms with van der Waals surface area (Å²) in [7, 11) is 1.75. The molecule has 18 heavy (non-hydrogen) atoms. The van der Waals surface area contributed by atoms with Gasteiger partial charge in [0.1, 0.15) is 0 Å². The maximum absolute atomic E-state index is 11.0. The molecule has 5 heteroatoms. The van der Waals surface area contributed by atoms with Gasteiger partial charge in [-0.3, -0.25) is 0 Å². The van der Waals surface area contributed by atoms with Crippen LogP contribution in [-0.4, -0.2) is 61.0 Å². The highest BCUT2D eigenvalue weighted by atomic mass is 16.5. The van der Waals surface area contributed by atoms with Gasteiger partial charge < -0.3 is 19.5 Å². The van der Waals surface area contributed by atoms with Crippen molar-refractivity contribution in [1.82, 2.24) is 4.90 Å². The third-order valence-corrected chi connectivity index (χ3v) is 3.62. The smallest absolute Gasteiger partial charge is 0.332 e. The molecule has 0 spiro atoms. The fourth-order valence-electron chi connectivity index (χ4n) is 2.49. The van der Waals surface area contributed by atoms with Crippen LogP contribution in [-0.2, 0) is 14.3 Å². The molecule has 0 saturated carbocycles. The molecule has 1 heterocycles. The van der Waals surface area contributed by atoms with Crippen molar-refractivity contribution in [2.75, 3.05) is 26.8 Å². The first-order valence-corrected chi connectivity index (χ1v) is 6.69. The highest BCUT2D eigenvalue weighted by Crippen LogP contribution is 2.19. The maximum atomic E-state index is 11.0. The third kappa shape index (κ3) is 4.55. The Morgan fingerprint density at radius 3 is 2.78 bits per heavy atom. The summed E-state index contributed by atoms with van der Waals surface area (Å²) in [6.07, 6.45) is 2.25. The van der Waals surface area contributed by atoms with Crippen LogP contribution in [0.4, 0.5) is 0 Å². The van der Waals surface area contributed by atoms with Gasteiger partial charge in [0.05, 0.1) is 6.10 Å². The molecule has 1 rings (SSSR count).